The first-order valence-corrected chi connectivity index (χ1v) is 5.26. The molecule has 0 bridgehead atoms. The van der Waals surface area contributed by atoms with E-state index in [1.54, 1.807) is 19.2 Å². The lowest BCUT2D eigenvalue weighted by Gasteiger charge is -2.04. The van der Waals surface area contributed by atoms with Gasteiger partial charge >= 0.3 is 5.97 Å². The quantitative estimate of drug-likeness (QED) is 0.798. The van der Waals surface area contributed by atoms with Crippen molar-refractivity contribution in [3.05, 3.63) is 27.5 Å². The van der Waals surface area contributed by atoms with Crippen LogP contribution in [-0.4, -0.2) is 17.6 Å². The molecule has 1 rings (SSSR count). The number of halogens is 2. The van der Waals surface area contributed by atoms with Crippen molar-refractivity contribution < 1.29 is 9.53 Å². The predicted molar refractivity (Wildman–Crippen MR) is 57.3 cm³/mol. The van der Waals surface area contributed by atoms with E-state index in [0.29, 0.717) is 17.3 Å². The van der Waals surface area contributed by atoms with E-state index < -0.39 is 0 Å². The maximum atomic E-state index is 11.1. The van der Waals surface area contributed by atoms with Crippen molar-refractivity contribution in [3.8, 4) is 0 Å². The summed E-state index contributed by atoms with van der Waals surface area (Å²) in [5, 5.41) is 0.459. The summed E-state index contributed by atoms with van der Waals surface area (Å²) in [7, 11) is 0. The van der Waals surface area contributed by atoms with Gasteiger partial charge in [0.05, 0.1) is 23.7 Å². The topological polar surface area (TPSA) is 39.2 Å². The van der Waals surface area contributed by atoms with Gasteiger partial charge in [-0.05, 0) is 28.9 Å². The number of aromatic nitrogens is 1. The van der Waals surface area contributed by atoms with E-state index in [2.05, 4.69) is 20.9 Å². The van der Waals surface area contributed by atoms with E-state index in [0.717, 1.165) is 4.47 Å². The third-order valence-corrected chi connectivity index (χ3v) is 2.84. The minimum absolute atomic E-state index is 0.103. The Morgan fingerprint density at radius 1 is 1.71 bits per heavy atom. The second-order valence-corrected chi connectivity index (χ2v) is 3.77. The molecule has 3 nitrogen and oxygen atoms in total. The zero-order valence-electron chi connectivity index (χ0n) is 7.59. The molecule has 0 aliphatic rings. The number of rotatable bonds is 3. The Bertz CT molecular complexity index is 344. The number of hydrogen-bond donors (Lipinski definition) is 0. The maximum absolute atomic E-state index is 11.1. The molecule has 0 aliphatic heterocycles. The minimum atomic E-state index is -0.319. The van der Waals surface area contributed by atoms with Crippen LogP contribution in [0.1, 0.15) is 12.6 Å². The highest BCUT2D eigenvalue weighted by Gasteiger charge is 2.10. The van der Waals surface area contributed by atoms with Crippen LogP contribution in [0.4, 0.5) is 0 Å². The fraction of sp³-hybridized carbons (Fsp3) is 0.333. The van der Waals surface area contributed by atoms with Crippen molar-refractivity contribution in [2.75, 3.05) is 6.61 Å². The molecule has 0 saturated carbocycles. The molecule has 0 saturated heterocycles. The standard InChI is InChI=1S/C9H9BrClNO2/c1-2-14-8(13)5-7-9(11)6(10)3-4-12-7/h3-4H,2,5H2,1H3. The van der Waals surface area contributed by atoms with Gasteiger partial charge in [-0.1, -0.05) is 11.6 Å². The summed E-state index contributed by atoms with van der Waals surface area (Å²) in [6.45, 7) is 2.12. The van der Waals surface area contributed by atoms with Crippen LogP contribution in [-0.2, 0) is 16.0 Å². The van der Waals surface area contributed by atoms with Gasteiger partial charge < -0.3 is 4.74 Å². The molecule has 0 radical (unpaired) electrons. The van der Waals surface area contributed by atoms with E-state index in [1.807, 2.05) is 0 Å². The molecule has 1 aromatic rings. The highest BCUT2D eigenvalue weighted by atomic mass is 79.9. The summed E-state index contributed by atoms with van der Waals surface area (Å²) in [6.07, 6.45) is 1.69. The molecule has 1 aromatic heterocycles. The summed E-state index contributed by atoms with van der Waals surface area (Å²) < 4.78 is 5.52. The summed E-state index contributed by atoms with van der Waals surface area (Å²) in [4.78, 5) is 15.1. The molecule has 76 valence electrons. The molecule has 0 aliphatic carbocycles. The maximum Gasteiger partial charge on any atom is 0.311 e. The summed E-state index contributed by atoms with van der Waals surface area (Å²) in [5.41, 5.74) is 0.527. The van der Waals surface area contributed by atoms with Crippen LogP contribution in [0.25, 0.3) is 0 Å². The Balaban J connectivity index is 2.76. The Morgan fingerprint density at radius 2 is 2.43 bits per heavy atom. The predicted octanol–water partition coefficient (Wildman–Crippen LogP) is 2.60. The van der Waals surface area contributed by atoms with Crippen molar-refractivity contribution in [1.29, 1.82) is 0 Å². The van der Waals surface area contributed by atoms with E-state index in [1.165, 1.54) is 0 Å². The smallest absolute Gasteiger partial charge is 0.311 e. The molecule has 0 N–H and O–H groups in total. The Morgan fingerprint density at radius 3 is 3.07 bits per heavy atom. The number of carbonyl (C=O) groups excluding carboxylic acids is 1. The number of nitrogens with zero attached hydrogens (tertiary/aromatic N) is 1. The Kier molecular flexibility index (Phi) is 4.35. The molecule has 0 amide bonds. The van der Waals surface area contributed by atoms with Crippen molar-refractivity contribution in [1.82, 2.24) is 4.98 Å². The molecule has 0 fully saturated rings. The summed E-state index contributed by atoms with van der Waals surface area (Å²) >= 11 is 9.17. The largest absolute Gasteiger partial charge is 0.466 e. The van der Waals surface area contributed by atoms with Crippen molar-refractivity contribution in [2.24, 2.45) is 0 Å². The number of pyridine rings is 1. The van der Waals surface area contributed by atoms with E-state index in [-0.39, 0.29) is 12.4 Å². The Hall–Kier alpha value is -0.610. The van der Waals surface area contributed by atoms with Crippen LogP contribution >= 0.6 is 27.5 Å². The molecule has 0 spiro atoms. The van der Waals surface area contributed by atoms with E-state index in [9.17, 15) is 4.79 Å². The van der Waals surface area contributed by atoms with Gasteiger partial charge in [-0.3, -0.25) is 9.78 Å². The molecular weight excluding hydrogens is 269 g/mol. The first-order chi connectivity index (χ1) is 6.65. The lowest BCUT2D eigenvalue weighted by molar-refractivity contribution is -0.142. The second-order valence-electron chi connectivity index (χ2n) is 2.54. The van der Waals surface area contributed by atoms with Gasteiger partial charge in [0.1, 0.15) is 0 Å². The van der Waals surface area contributed by atoms with Gasteiger partial charge in [-0.2, -0.15) is 0 Å². The normalized spacial score (nSPS) is 9.93. The average molecular weight is 279 g/mol. The van der Waals surface area contributed by atoms with E-state index >= 15 is 0 Å². The fourth-order valence-corrected chi connectivity index (χ4v) is 1.46. The second kappa shape index (κ2) is 5.32. The zero-order chi connectivity index (χ0) is 10.6. The van der Waals surface area contributed by atoms with Crippen LogP contribution in [0.15, 0.2) is 16.7 Å². The van der Waals surface area contributed by atoms with Gasteiger partial charge in [0, 0.05) is 10.7 Å². The first kappa shape index (κ1) is 11.5. The van der Waals surface area contributed by atoms with Gasteiger partial charge in [0.15, 0.2) is 0 Å². The number of hydrogen-bond acceptors (Lipinski definition) is 3. The van der Waals surface area contributed by atoms with Crippen LogP contribution in [0, 0.1) is 0 Å². The lowest BCUT2D eigenvalue weighted by atomic mass is 10.3. The fourth-order valence-electron chi connectivity index (χ4n) is 0.932. The zero-order valence-corrected chi connectivity index (χ0v) is 9.93. The van der Waals surface area contributed by atoms with Crippen molar-refractivity contribution in [3.63, 3.8) is 0 Å². The van der Waals surface area contributed by atoms with Crippen molar-refractivity contribution >= 4 is 33.5 Å². The lowest BCUT2D eigenvalue weighted by Crippen LogP contribution is -2.09. The summed E-state index contributed by atoms with van der Waals surface area (Å²) in [5.74, 6) is -0.319. The highest BCUT2D eigenvalue weighted by molar-refractivity contribution is 9.10. The van der Waals surface area contributed by atoms with Crippen molar-refractivity contribution in [2.45, 2.75) is 13.3 Å². The number of carbonyl (C=O) groups is 1. The van der Waals surface area contributed by atoms with Gasteiger partial charge in [0.2, 0.25) is 0 Å². The third-order valence-electron chi connectivity index (χ3n) is 1.53. The highest BCUT2D eigenvalue weighted by Crippen LogP contribution is 2.24. The van der Waals surface area contributed by atoms with E-state index in [4.69, 9.17) is 16.3 Å². The van der Waals surface area contributed by atoms with Gasteiger partial charge in [0.25, 0.3) is 0 Å². The molecule has 14 heavy (non-hydrogen) atoms. The SMILES string of the molecule is CCOC(=O)Cc1nccc(Br)c1Cl. The van der Waals surface area contributed by atoms with Gasteiger partial charge in [-0.15, -0.1) is 0 Å². The third kappa shape index (κ3) is 2.96. The van der Waals surface area contributed by atoms with Crippen LogP contribution in [0.2, 0.25) is 5.02 Å². The van der Waals surface area contributed by atoms with Gasteiger partial charge in [-0.25, -0.2) is 0 Å². The minimum Gasteiger partial charge on any atom is -0.466 e. The molecular formula is C9H9BrClNO2. The number of esters is 1. The molecule has 5 heteroatoms. The monoisotopic (exact) mass is 277 g/mol. The average Bonchev–Trinajstić information content (AvgIpc) is 2.13. The van der Waals surface area contributed by atoms with Crippen LogP contribution in [0.5, 0.6) is 0 Å². The Labute approximate surface area is 95.6 Å². The number of ether oxygens (including phenoxy) is 1. The van der Waals surface area contributed by atoms with Crippen LogP contribution in [0.3, 0.4) is 0 Å². The molecule has 1 heterocycles. The molecule has 0 atom stereocenters. The first-order valence-electron chi connectivity index (χ1n) is 4.09. The molecule has 0 unspecified atom stereocenters. The van der Waals surface area contributed by atoms with Crippen LogP contribution < -0.4 is 0 Å². The summed E-state index contributed by atoms with van der Waals surface area (Å²) in [6, 6.07) is 1.72. The molecule has 0 aromatic carbocycles.